The van der Waals surface area contributed by atoms with Crippen molar-refractivity contribution in [3.63, 3.8) is 0 Å². The molecule has 0 fully saturated rings. The monoisotopic (exact) mass is 215 g/mol. The summed E-state index contributed by atoms with van der Waals surface area (Å²) < 4.78 is 0. The molecule has 1 aromatic rings. The fourth-order valence-electron chi connectivity index (χ4n) is 1.10. The average Bonchev–Trinajstić information content (AvgIpc) is 2.19. The Morgan fingerprint density at radius 3 is 2.85 bits per heavy atom. The van der Waals surface area contributed by atoms with Gasteiger partial charge >= 0.3 is 0 Å². The lowest BCUT2D eigenvalue weighted by Gasteiger charge is -2.08. The SMILES string of the molecule is CSCCNc1ccccc1CCl. The molecule has 0 aromatic heterocycles. The predicted octanol–water partition coefficient (Wildman–Crippen LogP) is 3.20. The molecule has 1 rings (SSSR count). The van der Waals surface area contributed by atoms with Gasteiger partial charge in [0.1, 0.15) is 0 Å². The van der Waals surface area contributed by atoms with Crippen LogP contribution in [0, 0.1) is 0 Å². The first-order chi connectivity index (χ1) is 6.38. The third-order valence-electron chi connectivity index (χ3n) is 1.78. The van der Waals surface area contributed by atoms with Gasteiger partial charge in [-0.2, -0.15) is 11.8 Å². The molecule has 1 nitrogen and oxygen atoms in total. The molecule has 72 valence electrons. The van der Waals surface area contributed by atoms with E-state index in [2.05, 4.69) is 23.7 Å². The van der Waals surface area contributed by atoms with Crippen molar-refractivity contribution >= 4 is 29.1 Å². The number of hydrogen-bond donors (Lipinski definition) is 1. The number of halogens is 1. The lowest BCUT2D eigenvalue weighted by atomic mass is 10.2. The molecule has 0 atom stereocenters. The fourth-order valence-corrected chi connectivity index (χ4v) is 1.64. The predicted molar refractivity (Wildman–Crippen MR) is 62.9 cm³/mol. The van der Waals surface area contributed by atoms with Crippen molar-refractivity contribution in [1.29, 1.82) is 0 Å². The van der Waals surface area contributed by atoms with E-state index in [9.17, 15) is 0 Å². The minimum Gasteiger partial charge on any atom is -0.384 e. The lowest BCUT2D eigenvalue weighted by Crippen LogP contribution is -2.05. The van der Waals surface area contributed by atoms with Gasteiger partial charge in [0.2, 0.25) is 0 Å². The van der Waals surface area contributed by atoms with Gasteiger partial charge in [-0.15, -0.1) is 11.6 Å². The van der Waals surface area contributed by atoms with Crippen LogP contribution in [-0.4, -0.2) is 18.6 Å². The summed E-state index contributed by atoms with van der Waals surface area (Å²) in [7, 11) is 0. The molecule has 0 bridgehead atoms. The van der Waals surface area contributed by atoms with Crippen molar-refractivity contribution in [2.75, 3.05) is 23.9 Å². The average molecular weight is 216 g/mol. The number of thioether (sulfide) groups is 1. The first-order valence-electron chi connectivity index (χ1n) is 4.25. The van der Waals surface area contributed by atoms with E-state index in [0.29, 0.717) is 5.88 Å². The second kappa shape index (κ2) is 6.17. The molecule has 1 N–H and O–H groups in total. The van der Waals surface area contributed by atoms with Crippen LogP contribution in [0.4, 0.5) is 5.69 Å². The summed E-state index contributed by atoms with van der Waals surface area (Å²) in [6.07, 6.45) is 2.11. The lowest BCUT2D eigenvalue weighted by molar-refractivity contribution is 1.21. The van der Waals surface area contributed by atoms with Crippen LogP contribution in [0.2, 0.25) is 0 Å². The van der Waals surface area contributed by atoms with Crippen LogP contribution < -0.4 is 5.32 Å². The van der Waals surface area contributed by atoms with E-state index in [0.717, 1.165) is 18.0 Å². The second-order valence-corrected chi connectivity index (χ2v) is 3.96. The van der Waals surface area contributed by atoms with Crippen molar-refractivity contribution < 1.29 is 0 Å². The highest BCUT2D eigenvalue weighted by Crippen LogP contribution is 2.16. The molecule has 0 radical (unpaired) electrons. The van der Waals surface area contributed by atoms with E-state index in [1.54, 1.807) is 0 Å². The standard InChI is InChI=1S/C10H14ClNS/c1-13-7-6-12-10-5-3-2-4-9(10)8-11/h2-5,12H,6-8H2,1H3. The van der Waals surface area contributed by atoms with Gasteiger partial charge in [-0.25, -0.2) is 0 Å². The Labute approximate surface area is 88.9 Å². The molecule has 13 heavy (non-hydrogen) atoms. The normalized spacial score (nSPS) is 10.0. The van der Waals surface area contributed by atoms with E-state index in [1.165, 1.54) is 5.56 Å². The molecular weight excluding hydrogens is 202 g/mol. The van der Waals surface area contributed by atoms with Gasteiger partial charge in [-0.3, -0.25) is 0 Å². The minimum atomic E-state index is 0.572. The van der Waals surface area contributed by atoms with Gasteiger partial charge < -0.3 is 5.32 Å². The highest BCUT2D eigenvalue weighted by molar-refractivity contribution is 7.98. The molecule has 0 spiro atoms. The fraction of sp³-hybridized carbons (Fsp3) is 0.400. The van der Waals surface area contributed by atoms with Crippen molar-refractivity contribution in [2.24, 2.45) is 0 Å². The van der Waals surface area contributed by atoms with Crippen LogP contribution >= 0.6 is 23.4 Å². The maximum Gasteiger partial charge on any atom is 0.0494 e. The Bertz CT molecular complexity index is 252. The Hall–Kier alpha value is -0.340. The van der Waals surface area contributed by atoms with Gasteiger partial charge in [0.15, 0.2) is 0 Å². The van der Waals surface area contributed by atoms with E-state index in [4.69, 9.17) is 11.6 Å². The number of anilines is 1. The summed E-state index contributed by atoms with van der Waals surface area (Å²) in [5, 5.41) is 3.36. The number of nitrogens with one attached hydrogen (secondary N) is 1. The first kappa shape index (κ1) is 10.7. The highest BCUT2D eigenvalue weighted by Gasteiger charge is 1.97. The molecule has 0 saturated heterocycles. The molecule has 0 unspecified atom stereocenters. The Balaban J connectivity index is 2.54. The zero-order valence-corrected chi connectivity index (χ0v) is 9.29. The molecule has 0 aliphatic rings. The Kier molecular flexibility index (Phi) is 5.09. The summed E-state index contributed by atoms with van der Waals surface area (Å²) in [5.41, 5.74) is 2.33. The quantitative estimate of drug-likeness (QED) is 0.598. The molecule has 0 aliphatic heterocycles. The summed E-state index contributed by atoms with van der Waals surface area (Å²) >= 11 is 7.64. The van der Waals surface area contributed by atoms with E-state index >= 15 is 0 Å². The van der Waals surface area contributed by atoms with Crippen LogP contribution in [0.25, 0.3) is 0 Å². The largest absolute Gasteiger partial charge is 0.384 e. The Morgan fingerprint density at radius 1 is 1.38 bits per heavy atom. The molecule has 0 amide bonds. The van der Waals surface area contributed by atoms with Gasteiger partial charge in [-0.1, -0.05) is 18.2 Å². The number of hydrogen-bond acceptors (Lipinski definition) is 2. The molecular formula is C10H14ClNS. The number of alkyl halides is 1. The zero-order chi connectivity index (χ0) is 9.52. The maximum atomic E-state index is 5.80. The third kappa shape index (κ3) is 3.49. The summed E-state index contributed by atoms with van der Waals surface area (Å²) in [5.74, 6) is 1.69. The molecule has 1 aromatic carbocycles. The molecule has 0 heterocycles. The number of benzene rings is 1. The third-order valence-corrected chi connectivity index (χ3v) is 2.68. The summed E-state index contributed by atoms with van der Waals surface area (Å²) in [4.78, 5) is 0. The first-order valence-corrected chi connectivity index (χ1v) is 6.18. The minimum absolute atomic E-state index is 0.572. The van der Waals surface area contributed by atoms with Crippen LogP contribution in [0.15, 0.2) is 24.3 Å². The van der Waals surface area contributed by atoms with Crippen LogP contribution in [0.5, 0.6) is 0 Å². The summed E-state index contributed by atoms with van der Waals surface area (Å²) in [6.45, 7) is 0.995. The van der Waals surface area contributed by atoms with Gasteiger partial charge in [0, 0.05) is 23.9 Å². The smallest absolute Gasteiger partial charge is 0.0494 e. The molecule has 0 saturated carbocycles. The zero-order valence-electron chi connectivity index (χ0n) is 7.72. The topological polar surface area (TPSA) is 12.0 Å². The van der Waals surface area contributed by atoms with Crippen LogP contribution in [0.1, 0.15) is 5.56 Å². The maximum absolute atomic E-state index is 5.80. The van der Waals surface area contributed by atoms with Gasteiger partial charge in [0.05, 0.1) is 0 Å². The van der Waals surface area contributed by atoms with Crippen molar-refractivity contribution in [1.82, 2.24) is 0 Å². The highest BCUT2D eigenvalue weighted by atomic mass is 35.5. The molecule has 3 heteroatoms. The van der Waals surface area contributed by atoms with E-state index in [1.807, 2.05) is 23.9 Å². The summed E-state index contributed by atoms with van der Waals surface area (Å²) in [6, 6.07) is 8.15. The van der Waals surface area contributed by atoms with E-state index in [-0.39, 0.29) is 0 Å². The number of para-hydroxylation sites is 1. The Morgan fingerprint density at radius 2 is 2.15 bits per heavy atom. The molecule has 0 aliphatic carbocycles. The second-order valence-electron chi connectivity index (χ2n) is 2.71. The van der Waals surface area contributed by atoms with E-state index < -0.39 is 0 Å². The number of rotatable bonds is 5. The van der Waals surface area contributed by atoms with Gasteiger partial charge in [0.25, 0.3) is 0 Å². The van der Waals surface area contributed by atoms with Crippen molar-refractivity contribution in [2.45, 2.75) is 5.88 Å². The van der Waals surface area contributed by atoms with Crippen LogP contribution in [-0.2, 0) is 5.88 Å². The van der Waals surface area contributed by atoms with Crippen LogP contribution in [0.3, 0.4) is 0 Å². The van der Waals surface area contributed by atoms with Crippen molar-refractivity contribution in [3.8, 4) is 0 Å². The van der Waals surface area contributed by atoms with Crippen molar-refractivity contribution in [3.05, 3.63) is 29.8 Å². The van der Waals surface area contributed by atoms with Gasteiger partial charge in [-0.05, 0) is 17.9 Å².